The summed E-state index contributed by atoms with van der Waals surface area (Å²) in [5.41, 5.74) is 0.101. The summed E-state index contributed by atoms with van der Waals surface area (Å²) in [6, 6.07) is 6.35. The standard InChI is InChI=1S/C15H22N2O3/c1-2-3-4-11-16-12-5-6-15(16)20-14-9-7-13(8-10-14)17(18)19/h7-10,15H,2-6,11-12H2,1H3. The van der Waals surface area contributed by atoms with Crippen LogP contribution < -0.4 is 4.74 Å². The van der Waals surface area contributed by atoms with Gasteiger partial charge in [-0.25, -0.2) is 0 Å². The molecule has 110 valence electrons. The first-order valence-corrected chi connectivity index (χ1v) is 7.36. The summed E-state index contributed by atoms with van der Waals surface area (Å²) in [6.07, 6.45) is 5.99. The van der Waals surface area contributed by atoms with E-state index in [0.29, 0.717) is 5.75 Å². The van der Waals surface area contributed by atoms with Gasteiger partial charge in [0.25, 0.3) is 5.69 Å². The number of unbranched alkanes of at least 4 members (excludes halogenated alkanes) is 2. The molecule has 1 aliphatic rings. The fourth-order valence-electron chi connectivity index (χ4n) is 2.55. The van der Waals surface area contributed by atoms with Crippen LogP contribution in [0.5, 0.6) is 5.75 Å². The number of hydrogen-bond acceptors (Lipinski definition) is 4. The smallest absolute Gasteiger partial charge is 0.269 e. The number of hydrogen-bond donors (Lipinski definition) is 0. The number of likely N-dealkylation sites (tertiary alicyclic amines) is 1. The molecule has 1 aromatic carbocycles. The largest absolute Gasteiger partial charge is 0.475 e. The van der Waals surface area contributed by atoms with Gasteiger partial charge in [0, 0.05) is 25.2 Å². The molecule has 0 radical (unpaired) electrons. The molecule has 0 saturated carbocycles. The summed E-state index contributed by atoms with van der Waals surface area (Å²) in [7, 11) is 0. The molecular formula is C15H22N2O3. The van der Waals surface area contributed by atoms with Gasteiger partial charge in [0.1, 0.15) is 5.75 Å². The molecule has 1 saturated heterocycles. The van der Waals surface area contributed by atoms with E-state index in [4.69, 9.17) is 4.74 Å². The van der Waals surface area contributed by atoms with Gasteiger partial charge < -0.3 is 4.74 Å². The van der Waals surface area contributed by atoms with E-state index in [9.17, 15) is 10.1 Å². The summed E-state index contributed by atoms with van der Waals surface area (Å²) in [6.45, 7) is 4.36. The maximum atomic E-state index is 10.6. The number of ether oxygens (including phenoxy) is 1. The third-order valence-corrected chi connectivity index (χ3v) is 3.67. The molecule has 20 heavy (non-hydrogen) atoms. The molecule has 0 aliphatic carbocycles. The molecule has 0 spiro atoms. The minimum atomic E-state index is -0.392. The number of rotatable bonds is 7. The van der Waals surface area contributed by atoms with Crippen LogP contribution >= 0.6 is 0 Å². The second-order valence-corrected chi connectivity index (χ2v) is 5.21. The molecule has 1 atom stereocenters. The summed E-state index contributed by atoms with van der Waals surface area (Å²) in [5.74, 6) is 0.711. The SMILES string of the molecule is CCCCCN1CCCC1Oc1ccc([N+](=O)[O-])cc1. The van der Waals surface area contributed by atoms with Crippen molar-refractivity contribution in [2.75, 3.05) is 13.1 Å². The monoisotopic (exact) mass is 278 g/mol. The van der Waals surface area contributed by atoms with Crippen LogP contribution in [-0.4, -0.2) is 29.1 Å². The van der Waals surface area contributed by atoms with Gasteiger partial charge >= 0.3 is 0 Å². The highest BCUT2D eigenvalue weighted by Gasteiger charge is 2.25. The van der Waals surface area contributed by atoms with E-state index >= 15 is 0 Å². The predicted molar refractivity (Wildman–Crippen MR) is 77.8 cm³/mol. The maximum Gasteiger partial charge on any atom is 0.269 e. The van der Waals surface area contributed by atoms with Gasteiger partial charge in [-0.3, -0.25) is 15.0 Å². The molecule has 1 unspecified atom stereocenters. The van der Waals surface area contributed by atoms with E-state index in [1.54, 1.807) is 12.1 Å². The molecule has 1 heterocycles. The second-order valence-electron chi connectivity index (χ2n) is 5.21. The van der Waals surface area contributed by atoms with Crippen LogP contribution in [0.15, 0.2) is 24.3 Å². The first-order chi connectivity index (χ1) is 9.70. The molecule has 1 fully saturated rings. The molecule has 0 aromatic heterocycles. The number of non-ortho nitro benzene ring substituents is 1. The van der Waals surface area contributed by atoms with Crippen molar-refractivity contribution in [1.29, 1.82) is 0 Å². The average Bonchev–Trinajstić information content (AvgIpc) is 2.87. The van der Waals surface area contributed by atoms with Gasteiger partial charge in [-0.05, 0) is 31.4 Å². The Morgan fingerprint density at radius 1 is 1.35 bits per heavy atom. The van der Waals surface area contributed by atoms with Crippen LogP contribution in [0.4, 0.5) is 5.69 Å². The molecule has 2 rings (SSSR count). The fourth-order valence-corrected chi connectivity index (χ4v) is 2.55. The van der Waals surface area contributed by atoms with Crippen molar-refractivity contribution in [2.45, 2.75) is 45.3 Å². The lowest BCUT2D eigenvalue weighted by Gasteiger charge is -2.25. The summed E-state index contributed by atoms with van der Waals surface area (Å²) >= 11 is 0. The zero-order chi connectivity index (χ0) is 14.4. The average molecular weight is 278 g/mol. The highest BCUT2D eigenvalue weighted by Crippen LogP contribution is 2.24. The number of nitro benzene ring substituents is 1. The van der Waals surface area contributed by atoms with E-state index in [1.165, 1.54) is 31.4 Å². The van der Waals surface area contributed by atoms with Crippen molar-refractivity contribution in [2.24, 2.45) is 0 Å². The van der Waals surface area contributed by atoms with Crippen LogP contribution in [0.25, 0.3) is 0 Å². The lowest BCUT2D eigenvalue weighted by Crippen LogP contribution is -2.34. The fraction of sp³-hybridized carbons (Fsp3) is 0.600. The summed E-state index contributed by atoms with van der Waals surface area (Å²) < 4.78 is 5.96. The van der Waals surface area contributed by atoms with Crippen molar-refractivity contribution >= 4 is 5.69 Å². The van der Waals surface area contributed by atoms with Gasteiger partial charge in [0.05, 0.1) is 4.92 Å². The van der Waals surface area contributed by atoms with Gasteiger partial charge in [-0.15, -0.1) is 0 Å². The number of nitro groups is 1. The van der Waals surface area contributed by atoms with Gasteiger partial charge in [0.15, 0.2) is 6.23 Å². The number of benzene rings is 1. The van der Waals surface area contributed by atoms with Crippen LogP contribution in [0.2, 0.25) is 0 Å². The first-order valence-electron chi connectivity index (χ1n) is 7.36. The highest BCUT2D eigenvalue weighted by atomic mass is 16.6. The Kier molecular flexibility index (Phi) is 5.35. The van der Waals surface area contributed by atoms with Crippen molar-refractivity contribution in [1.82, 2.24) is 4.90 Å². The summed E-state index contributed by atoms with van der Waals surface area (Å²) in [4.78, 5) is 12.6. The summed E-state index contributed by atoms with van der Waals surface area (Å²) in [5, 5.41) is 10.6. The van der Waals surface area contributed by atoms with E-state index in [2.05, 4.69) is 11.8 Å². The molecule has 0 amide bonds. The lowest BCUT2D eigenvalue weighted by molar-refractivity contribution is -0.384. The number of nitrogens with zero attached hydrogens (tertiary/aromatic N) is 2. The Labute approximate surface area is 119 Å². The molecule has 5 nitrogen and oxygen atoms in total. The molecular weight excluding hydrogens is 256 g/mol. The highest BCUT2D eigenvalue weighted by molar-refractivity contribution is 5.36. The van der Waals surface area contributed by atoms with Gasteiger partial charge in [0.2, 0.25) is 0 Å². The Morgan fingerprint density at radius 3 is 2.75 bits per heavy atom. The molecule has 1 aliphatic heterocycles. The molecule has 1 aromatic rings. The predicted octanol–water partition coefficient (Wildman–Crippen LogP) is 3.59. The topological polar surface area (TPSA) is 55.6 Å². The van der Waals surface area contributed by atoms with E-state index < -0.39 is 4.92 Å². The van der Waals surface area contributed by atoms with E-state index in [0.717, 1.165) is 25.9 Å². The minimum absolute atomic E-state index is 0.101. The first kappa shape index (κ1) is 14.8. The zero-order valence-corrected chi connectivity index (χ0v) is 12.0. The Hall–Kier alpha value is -1.62. The lowest BCUT2D eigenvalue weighted by atomic mass is 10.2. The van der Waals surface area contributed by atoms with Crippen LogP contribution in [0, 0.1) is 10.1 Å². The zero-order valence-electron chi connectivity index (χ0n) is 12.0. The molecule has 0 N–H and O–H groups in total. The van der Waals surface area contributed by atoms with Crippen LogP contribution in [-0.2, 0) is 0 Å². The van der Waals surface area contributed by atoms with Crippen molar-refractivity contribution in [3.63, 3.8) is 0 Å². The van der Waals surface area contributed by atoms with Gasteiger partial charge in [-0.1, -0.05) is 19.8 Å². The van der Waals surface area contributed by atoms with Crippen LogP contribution in [0.3, 0.4) is 0 Å². The van der Waals surface area contributed by atoms with E-state index in [1.807, 2.05) is 0 Å². The molecule has 5 heteroatoms. The Balaban J connectivity index is 1.89. The normalized spacial score (nSPS) is 19.1. The third-order valence-electron chi connectivity index (χ3n) is 3.67. The van der Waals surface area contributed by atoms with Crippen molar-refractivity contribution in [3.8, 4) is 5.75 Å². The maximum absolute atomic E-state index is 10.6. The Morgan fingerprint density at radius 2 is 2.10 bits per heavy atom. The Bertz CT molecular complexity index is 433. The van der Waals surface area contributed by atoms with Crippen molar-refractivity contribution < 1.29 is 9.66 Å². The van der Waals surface area contributed by atoms with E-state index in [-0.39, 0.29) is 11.9 Å². The minimum Gasteiger partial charge on any atom is -0.475 e. The van der Waals surface area contributed by atoms with Gasteiger partial charge in [-0.2, -0.15) is 0 Å². The molecule has 0 bridgehead atoms. The third kappa shape index (κ3) is 3.93. The second kappa shape index (κ2) is 7.24. The quantitative estimate of drug-likeness (QED) is 0.434. The van der Waals surface area contributed by atoms with Crippen LogP contribution in [0.1, 0.15) is 39.0 Å². The van der Waals surface area contributed by atoms with Crippen molar-refractivity contribution in [3.05, 3.63) is 34.4 Å².